The van der Waals surface area contributed by atoms with Crippen LogP contribution in [0.15, 0.2) is 66.2 Å². The average Bonchev–Trinajstić information content (AvgIpc) is 2.68. The van der Waals surface area contributed by atoms with Crippen molar-refractivity contribution in [3.63, 3.8) is 0 Å². The molecule has 0 unspecified atom stereocenters. The molecular formula is C21H24O4. The highest BCUT2D eigenvalue weighted by atomic mass is 16.7. The van der Waals surface area contributed by atoms with Crippen molar-refractivity contribution < 1.29 is 18.9 Å². The fourth-order valence-electron chi connectivity index (χ4n) is 3.62. The van der Waals surface area contributed by atoms with Gasteiger partial charge in [-0.15, -0.1) is 0 Å². The van der Waals surface area contributed by atoms with Gasteiger partial charge < -0.3 is 18.9 Å². The predicted octanol–water partition coefficient (Wildman–Crippen LogP) is 3.76. The molecule has 0 radical (unpaired) electrons. The number of methoxy groups -OCH3 is 4. The number of ether oxygens (including phenoxy) is 4. The Labute approximate surface area is 149 Å². The van der Waals surface area contributed by atoms with E-state index >= 15 is 0 Å². The molecule has 2 aromatic rings. The lowest BCUT2D eigenvalue weighted by Gasteiger charge is -2.44. The molecule has 0 heterocycles. The van der Waals surface area contributed by atoms with Crippen molar-refractivity contribution in [2.75, 3.05) is 28.4 Å². The van der Waals surface area contributed by atoms with E-state index in [-0.39, 0.29) is 0 Å². The molecule has 0 amide bonds. The first-order chi connectivity index (χ1) is 12.2. The summed E-state index contributed by atoms with van der Waals surface area (Å²) in [4.78, 5) is 0. The fourth-order valence-corrected chi connectivity index (χ4v) is 3.62. The number of hydrogen-bond donors (Lipinski definition) is 0. The molecule has 4 nitrogen and oxygen atoms in total. The highest BCUT2D eigenvalue weighted by Crippen LogP contribution is 2.48. The molecule has 0 aromatic heterocycles. The van der Waals surface area contributed by atoms with Gasteiger partial charge in [-0.3, -0.25) is 0 Å². The Kier molecular flexibility index (Phi) is 5.06. The van der Waals surface area contributed by atoms with Crippen LogP contribution in [0.5, 0.6) is 0 Å². The van der Waals surface area contributed by atoms with Gasteiger partial charge in [0.25, 0.3) is 0 Å². The summed E-state index contributed by atoms with van der Waals surface area (Å²) < 4.78 is 23.4. The van der Waals surface area contributed by atoms with Crippen molar-refractivity contribution in [2.24, 2.45) is 0 Å². The van der Waals surface area contributed by atoms with Gasteiger partial charge in [0.2, 0.25) is 11.6 Å². The normalized spacial score (nSPS) is 17.7. The minimum Gasteiger partial charge on any atom is -0.346 e. The summed E-state index contributed by atoms with van der Waals surface area (Å²) in [7, 11) is 6.60. The van der Waals surface area contributed by atoms with Crippen LogP contribution in [0, 0.1) is 0 Å². The van der Waals surface area contributed by atoms with Gasteiger partial charge in [0.1, 0.15) is 0 Å². The van der Waals surface area contributed by atoms with Crippen LogP contribution in [-0.2, 0) is 36.9 Å². The van der Waals surface area contributed by atoms with Crippen LogP contribution >= 0.6 is 0 Å². The lowest BCUT2D eigenvalue weighted by Crippen LogP contribution is -2.44. The zero-order valence-corrected chi connectivity index (χ0v) is 15.1. The number of benzene rings is 2. The molecule has 0 aliphatic heterocycles. The maximum atomic E-state index is 5.92. The van der Waals surface area contributed by atoms with Crippen LogP contribution in [0.4, 0.5) is 0 Å². The van der Waals surface area contributed by atoms with Crippen molar-refractivity contribution in [3.8, 4) is 0 Å². The molecular weight excluding hydrogens is 316 g/mol. The maximum absolute atomic E-state index is 5.92. The Bertz CT molecular complexity index is 744. The van der Waals surface area contributed by atoms with E-state index in [1.165, 1.54) is 0 Å². The Morgan fingerprint density at radius 3 is 1.80 bits per heavy atom. The second-order valence-corrected chi connectivity index (χ2v) is 5.98. The lowest BCUT2D eigenvalue weighted by atomic mass is 9.80. The molecule has 25 heavy (non-hydrogen) atoms. The topological polar surface area (TPSA) is 36.9 Å². The van der Waals surface area contributed by atoms with Crippen molar-refractivity contribution >= 4 is 0 Å². The van der Waals surface area contributed by atoms with E-state index in [0.29, 0.717) is 6.42 Å². The maximum Gasteiger partial charge on any atom is 0.218 e. The Morgan fingerprint density at radius 2 is 1.24 bits per heavy atom. The first-order valence-electron chi connectivity index (χ1n) is 8.22. The van der Waals surface area contributed by atoms with Gasteiger partial charge in [-0.2, -0.15) is 0 Å². The van der Waals surface area contributed by atoms with Crippen LogP contribution < -0.4 is 0 Å². The third-order valence-corrected chi connectivity index (χ3v) is 4.86. The van der Waals surface area contributed by atoms with Crippen molar-refractivity contribution in [1.82, 2.24) is 0 Å². The van der Waals surface area contributed by atoms with E-state index < -0.39 is 11.6 Å². The summed E-state index contributed by atoms with van der Waals surface area (Å²) in [5, 5.41) is 0. The van der Waals surface area contributed by atoms with Gasteiger partial charge in [-0.25, -0.2) is 0 Å². The van der Waals surface area contributed by atoms with E-state index in [4.69, 9.17) is 18.9 Å². The predicted molar refractivity (Wildman–Crippen MR) is 96.1 cm³/mol. The molecule has 132 valence electrons. The van der Waals surface area contributed by atoms with E-state index in [0.717, 1.165) is 22.3 Å². The van der Waals surface area contributed by atoms with Crippen LogP contribution in [0.3, 0.4) is 0 Å². The van der Waals surface area contributed by atoms with Gasteiger partial charge in [0.05, 0.1) is 0 Å². The van der Waals surface area contributed by atoms with Gasteiger partial charge in [0.15, 0.2) is 0 Å². The molecule has 1 aliphatic rings. The molecule has 2 aromatic carbocycles. The Hall–Kier alpha value is -1.98. The van der Waals surface area contributed by atoms with E-state index in [1.54, 1.807) is 28.4 Å². The smallest absolute Gasteiger partial charge is 0.218 e. The highest BCUT2D eigenvalue weighted by molar-refractivity contribution is 5.48. The molecule has 1 aliphatic carbocycles. The zero-order valence-electron chi connectivity index (χ0n) is 15.1. The zero-order chi connectivity index (χ0) is 17.9. The molecule has 0 bridgehead atoms. The van der Waals surface area contributed by atoms with E-state index in [2.05, 4.69) is 12.1 Å². The highest BCUT2D eigenvalue weighted by Gasteiger charge is 2.49. The van der Waals surface area contributed by atoms with E-state index in [1.807, 2.05) is 48.5 Å². The fraction of sp³-hybridized carbons (Fsp3) is 0.333. The summed E-state index contributed by atoms with van der Waals surface area (Å²) in [6.45, 7) is 0. The SMILES string of the molecule is COC1(OC)C=C(Cc2ccccc2)C(OC)(OC)c2ccccc21. The molecule has 0 fully saturated rings. The summed E-state index contributed by atoms with van der Waals surface area (Å²) in [6.07, 6.45) is 2.63. The molecule has 0 atom stereocenters. The van der Waals surface area contributed by atoms with Crippen LogP contribution in [-0.4, -0.2) is 28.4 Å². The number of rotatable bonds is 6. The minimum atomic E-state index is -0.979. The minimum absolute atomic E-state index is 0.658. The molecule has 0 saturated carbocycles. The second kappa shape index (κ2) is 7.10. The number of hydrogen-bond acceptors (Lipinski definition) is 4. The monoisotopic (exact) mass is 340 g/mol. The summed E-state index contributed by atoms with van der Waals surface area (Å²) in [6, 6.07) is 18.1. The molecule has 0 spiro atoms. The summed E-state index contributed by atoms with van der Waals surface area (Å²) in [5.74, 6) is -1.95. The molecule has 0 saturated heterocycles. The Morgan fingerprint density at radius 1 is 0.680 bits per heavy atom. The Balaban J connectivity index is 2.21. The largest absolute Gasteiger partial charge is 0.346 e. The summed E-state index contributed by atoms with van der Waals surface area (Å²) in [5.41, 5.74) is 3.86. The molecule has 3 rings (SSSR count). The van der Waals surface area contributed by atoms with Crippen molar-refractivity contribution in [3.05, 3.63) is 82.9 Å². The molecule has 0 N–H and O–H groups in total. The lowest BCUT2D eigenvalue weighted by molar-refractivity contribution is -0.218. The third kappa shape index (κ3) is 2.81. The molecule has 4 heteroatoms. The first kappa shape index (κ1) is 17.8. The second-order valence-electron chi connectivity index (χ2n) is 5.98. The van der Waals surface area contributed by atoms with Crippen LogP contribution in [0.2, 0.25) is 0 Å². The van der Waals surface area contributed by atoms with E-state index in [9.17, 15) is 0 Å². The van der Waals surface area contributed by atoms with Crippen LogP contribution in [0.1, 0.15) is 16.7 Å². The van der Waals surface area contributed by atoms with Gasteiger partial charge in [-0.05, 0) is 23.6 Å². The first-order valence-corrected chi connectivity index (χ1v) is 8.22. The van der Waals surface area contributed by atoms with Gasteiger partial charge >= 0.3 is 0 Å². The van der Waals surface area contributed by atoms with Crippen LogP contribution in [0.25, 0.3) is 0 Å². The van der Waals surface area contributed by atoms with Crippen molar-refractivity contribution in [1.29, 1.82) is 0 Å². The standard InChI is InChI=1S/C21H24O4/c1-22-20(23-2)15-17(14-16-10-6-5-7-11-16)21(24-3,25-4)19-13-9-8-12-18(19)20/h5-13,15H,14H2,1-4H3. The van der Waals surface area contributed by atoms with Gasteiger partial charge in [-0.1, -0.05) is 54.6 Å². The third-order valence-electron chi connectivity index (χ3n) is 4.86. The average molecular weight is 340 g/mol. The number of fused-ring (bicyclic) bond motifs is 1. The summed E-state index contributed by atoms with van der Waals surface area (Å²) >= 11 is 0. The quantitative estimate of drug-likeness (QED) is 0.593. The van der Waals surface area contributed by atoms with Crippen molar-refractivity contribution in [2.45, 2.75) is 18.0 Å². The van der Waals surface area contributed by atoms with Gasteiger partial charge in [0, 0.05) is 39.6 Å².